The second-order valence-corrected chi connectivity index (χ2v) is 5.90. The number of halogens is 1. The molecule has 2 atom stereocenters. The summed E-state index contributed by atoms with van der Waals surface area (Å²) in [5.74, 6) is 0. The lowest BCUT2D eigenvalue weighted by Gasteiger charge is -2.34. The van der Waals surface area contributed by atoms with Gasteiger partial charge in [0.2, 0.25) is 0 Å². The molecule has 1 heterocycles. The summed E-state index contributed by atoms with van der Waals surface area (Å²) in [6, 6.07) is 6.17. The Morgan fingerprint density at radius 1 is 1.53 bits per heavy atom. The Balaban J connectivity index is 2.11. The van der Waals surface area contributed by atoms with Crippen molar-refractivity contribution in [2.45, 2.75) is 38.9 Å². The molecule has 3 nitrogen and oxygen atoms in total. The van der Waals surface area contributed by atoms with Gasteiger partial charge in [0.25, 0.3) is 0 Å². The van der Waals surface area contributed by atoms with Gasteiger partial charge in [0, 0.05) is 29.9 Å². The van der Waals surface area contributed by atoms with Crippen molar-refractivity contribution in [1.82, 2.24) is 0 Å². The highest BCUT2D eigenvalue weighted by Gasteiger charge is 2.21. The van der Waals surface area contributed by atoms with Crippen molar-refractivity contribution in [2.24, 2.45) is 0 Å². The van der Waals surface area contributed by atoms with Crippen molar-refractivity contribution in [2.75, 3.05) is 24.6 Å². The van der Waals surface area contributed by atoms with Gasteiger partial charge >= 0.3 is 0 Å². The predicted molar refractivity (Wildman–Crippen MR) is 81.6 cm³/mol. The minimum atomic E-state index is -0.444. The van der Waals surface area contributed by atoms with Crippen LogP contribution in [-0.2, 0) is 4.74 Å². The molecule has 1 saturated heterocycles. The third-order valence-electron chi connectivity index (χ3n) is 3.58. The van der Waals surface area contributed by atoms with Crippen LogP contribution in [0.3, 0.4) is 0 Å². The van der Waals surface area contributed by atoms with Crippen LogP contribution in [0.4, 0.5) is 5.69 Å². The van der Waals surface area contributed by atoms with Gasteiger partial charge in [0.1, 0.15) is 0 Å². The first-order valence-electron chi connectivity index (χ1n) is 6.96. The molecule has 0 aromatic heterocycles. The Bertz CT molecular complexity index is 421. The first-order valence-corrected chi connectivity index (χ1v) is 7.75. The maximum absolute atomic E-state index is 9.65. The average molecular weight is 328 g/mol. The van der Waals surface area contributed by atoms with E-state index in [4.69, 9.17) is 4.74 Å². The molecule has 0 amide bonds. The number of hydrogen-bond acceptors (Lipinski definition) is 3. The molecule has 1 aliphatic rings. The number of nitrogens with zero attached hydrogens (tertiary/aromatic N) is 1. The number of rotatable bonds is 4. The number of piperidine rings is 1. The number of ether oxygens (including phenoxy) is 1. The molecule has 1 aromatic carbocycles. The zero-order valence-corrected chi connectivity index (χ0v) is 13.2. The number of anilines is 1. The van der Waals surface area contributed by atoms with Crippen molar-refractivity contribution in [3.63, 3.8) is 0 Å². The van der Waals surface area contributed by atoms with Gasteiger partial charge in [-0.15, -0.1) is 0 Å². The number of aliphatic hydroxyl groups excluding tert-OH is 1. The standard InChI is InChI=1S/C15H22BrNO2/c1-3-19-13-5-4-8-17(10-13)12-6-7-14(11(2)18)15(16)9-12/h6-7,9,11,13,18H,3-5,8,10H2,1-2H3/t11-,13?/m1/s1. The minimum absolute atomic E-state index is 0.342. The average Bonchev–Trinajstić information content (AvgIpc) is 2.39. The molecule has 1 N–H and O–H groups in total. The van der Waals surface area contributed by atoms with Crippen LogP contribution in [0.25, 0.3) is 0 Å². The molecule has 0 bridgehead atoms. The molecule has 1 unspecified atom stereocenters. The van der Waals surface area contributed by atoms with Gasteiger partial charge in [0.05, 0.1) is 12.2 Å². The fourth-order valence-electron chi connectivity index (χ4n) is 2.60. The summed E-state index contributed by atoms with van der Waals surface area (Å²) in [4.78, 5) is 2.36. The lowest BCUT2D eigenvalue weighted by atomic mass is 10.1. The van der Waals surface area contributed by atoms with Crippen molar-refractivity contribution in [1.29, 1.82) is 0 Å². The molecule has 0 saturated carbocycles. The normalized spacial score (nSPS) is 21.5. The van der Waals surface area contributed by atoms with Gasteiger partial charge in [-0.3, -0.25) is 0 Å². The summed E-state index contributed by atoms with van der Waals surface area (Å²) in [5, 5.41) is 9.65. The third-order valence-corrected chi connectivity index (χ3v) is 4.27. The number of hydrogen-bond donors (Lipinski definition) is 1. The van der Waals surface area contributed by atoms with Gasteiger partial charge < -0.3 is 14.7 Å². The van der Waals surface area contributed by atoms with E-state index in [1.54, 1.807) is 6.92 Å². The summed E-state index contributed by atoms with van der Waals surface area (Å²) in [5.41, 5.74) is 2.13. The smallest absolute Gasteiger partial charge is 0.0772 e. The molecule has 1 aliphatic heterocycles. The monoisotopic (exact) mass is 327 g/mol. The molecule has 19 heavy (non-hydrogen) atoms. The second-order valence-electron chi connectivity index (χ2n) is 5.05. The van der Waals surface area contributed by atoms with E-state index in [-0.39, 0.29) is 0 Å². The van der Waals surface area contributed by atoms with Crippen LogP contribution in [0, 0.1) is 0 Å². The molecule has 106 valence electrons. The molecule has 0 spiro atoms. The molecule has 4 heteroatoms. The van der Waals surface area contributed by atoms with Crippen LogP contribution in [0.2, 0.25) is 0 Å². The van der Waals surface area contributed by atoms with E-state index >= 15 is 0 Å². The summed E-state index contributed by atoms with van der Waals surface area (Å²) < 4.78 is 6.70. The SMILES string of the molecule is CCOC1CCCN(c2ccc([C@@H](C)O)c(Br)c2)C1. The van der Waals surface area contributed by atoms with E-state index in [0.29, 0.717) is 6.10 Å². The molecule has 0 radical (unpaired) electrons. The van der Waals surface area contributed by atoms with E-state index < -0.39 is 6.10 Å². The van der Waals surface area contributed by atoms with Gasteiger partial charge in [-0.2, -0.15) is 0 Å². The van der Waals surface area contributed by atoms with Crippen LogP contribution in [-0.4, -0.2) is 30.9 Å². The topological polar surface area (TPSA) is 32.7 Å². The summed E-state index contributed by atoms with van der Waals surface area (Å²) in [6.45, 7) is 6.64. The van der Waals surface area contributed by atoms with E-state index in [9.17, 15) is 5.11 Å². The second kappa shape index (κ2) is 6.73. The van der Waals surface area contributed by atoms with E-state index in [1.165, 1.54) is 12.1 Å². The van der Waals surface area contributed by atoms with Gasteiger partial charge in [-0.1, -0.05) is 22.0 Å². The summed E-state index contributed by atoms with van der Waals surface area (Å²) >= 11 is 3.54. The third kappa shape index (κ3) is 3.71. The highest BCUT2D eigenvalue weighted by Crippen LogP contribution is 2.29. The van der Waals surface area contributed by atoms with Crippen molar-refractivity contribution >= 4 is 21.6 Å². The van der Waals surface area contributed by atoms with E-state index in [2.05, 4.69) is 33.0 Å². The summed E-state index contributed by atoms with van der Waals surface area (Å²) in [7, 11) is 0. The van der Waals surface area contributed by atoms with Crippen LogP contribution >= 0.6 is 15.9 Å². The van der Waals surface area contributed by atoms with Gasteiger partial charge in [-0.05, 0) is 44.4 Å². The maximum atomic E-state index is 9.65. The number of aliphatic hydroxyl groups is 1. The highest BCUT2D eigenvalue weighted by molar-refractivity contribution is 9.10. The summed E-state index contributed by atoms with van der Waals surface area (Å²) in [6.07, 6.45) is 2.22. The maximum Gasteiger partial charge on any atom is 0.0772 e. The fourth-order valence-corrected chi connectivity index (χ4v) is 3.29. The molecule has 1 aromatic rings. The Hall–Kier alpha value is -0.580. The zero-order chi connectivity index (χ0) is 13.8. The quantitative estimate of drug-likeness (QED) is 0.918. The minimum Gasteiger partial charge on any atom is -0.389 e. The lowest BCUT2D eigenvalue weighted by Crippen LogP contribution is -2.39. The van der Waals surface area contributed by atoms with Gasteiger partial charge in [-0.25, -0.2) is 0 Å². The first-order chi connectivity index (χ1) is 9.11. The lowest BCUT2D eigenvalue weighted by molar-refractivity contribution is 0.0526. The Morgan fingerprint density at radius 2 is 2.32 bits per heavy atom. The van der Waals surface area contributed by atoms with Crippen molar-refractivity contribution in [3.05, 3.63) is 28.2 Å². The molecule has 1 fully saturated rings. The van der Waals surface area contributed by atoms with Crippen LogP contribution in [0.5, 0.6) is 0 Å². The molecular formula is C15H22BrNO2. The largest absolute Gasteiger partial charge is 0.389 e. The van der Waals surface area contributed by atoms with Crippen molar-refractivity contribution in [3.8, 4) is 0 Å². The Morgan fingerprint density at radius 3 is 2.95 bits per heavy atom. The Kier molecular flexibility index (Phi) is 5.25. The zero-order valence-electron chi connectivity index (χ0n) is 11.6. The van der Waals surface area contributed by atoms with Crippen LogP contribution in [0.15, 0.2) is 22.7 Å². The van der Waals surface area contributed by atoms with Gasteiger partial charge in [0.15, 0.2) is 0 Å². The van der Waals surface area contributed by atoms with E-state index in [0.717, 1.165) is 36.2 Å². The Labute approximate surface area is 123 Å². The molecule has 0 aliphatic carbocycles. The van der Waals surface area contributed by atoms with Crippen LogP contribution in [0.1, 0.15) is 38.4 Å². The molecule has 2 rings (SSSR count). The molecular weight excluding hydrogens is 306 g/mol. The fraction of sp³-hybridized carbons (Fsp3) is 0.600. The number of benzene rings is 1. The van der Waals surface area contributed by atoms with Crippen LogP contribution < -0.4 is 4.90 Å². The van der Waals surface area contributed by atoms with E-state index in [1.807, 2.05) is 13.0 Å². The van der Waals surface area contributed by atoms with Crippen molar-refractivity contribution < 1.29 is 9.84 Å². The first kappa shape index (κ1) is 14.8. The predicted octanol–water partition coefficient (Wildman–Crippen LogP) is 3.51. The highest BCUT2D eigenvalue weighted by atomic mass is 79.9.